The van der Waals surface area contributed by atoms with Gasteiger partial charge >= 0.3 is 18.3 Å². The second-order valence-corrected chi connectivity index (χ2v) is 5.61. The van der Waals surface area contributed by atoms with Crippen LogP contribution in [-0.4, -0.2) is 30.6 Å². The number of nitrogens with zero attached hydrogens (tertiary/aromatic N) is 2. The molecule has 0 spiro atoms. The van der Waals surface area contributed by atoms with E-state index in [0.717, 1.165) is 0 Å². The SMILES string of the molecule is CCOC(=O)C1CCN(c2cc(C(F)(F)F)cc(C(F)(F)F)n2)CC1. The third-order valence-corrected chi connectivity index (χ3v) is 3.87. The number of carbonyl (C=O) groups excluding carboxylic acids is 1. The van der Waals surface area contributed by atoms with E-state index >= 15 is 0 Å². The van der Waals surface area contributed by atoms with Crippen LogP contribution in [0.2, 0.25) is 0 Å². The van der Waals surface area contributed by atoms with Crippen molar-refractivity contribution in [2.75, 3.05) is 24.6 Å². The largest absolute Gasteiger partial charge is 0.466 e. The van der Waals surface area contributed by atoms with E-state index in [4.69, 9.17) is 4.74 Å². The topological polar surface area (TPSA) is 42.4 Å². The maximum absolute atomic E-state index is 12.9. The van der Waals surface area contributed by atoms with E-state index in [1.807, 2.05) is 0 Å². The number of halogens is 6. The highest BCUT2D eigenvalue weighted by molar-refractivity contribution is 5.72. The van der Waals surface area contributed by atoms with Crippen LogP contribution >= 0.6 is 0 Å². The molecule has 1 aliphatic heterocycles. The molecule has 0 aromatic carbocycles. The molecular formula is C15H16F6N2O2. The third kappa shape index (κ3) is 4.76. The summed E-state index contributed by atoms with van der Waals surface area (Å²) in [4.78, 5) is 16.3. The number of carbonyl (C=O) groups is 1. The molecule has 0 amide bonds. The molecule has 0 N–H and O–H groups in total. The van der Waals surface area contributed by atoms with Crippen LogP contribution in [0.15, 0.2) is 12.1 Å². The quantitative estimate of drug-likeness (QED) is 0.598. The van der Waals surface area contributed by atoms with Crippen molar-refractivity contribution in [2.24, 2.45) is 5.92 Å². The Bertz CT molecular complexity index is 589. The highest BCUT2D eigenvalue weighted by atomic mass is 19.4. The number of anilines is 1. The molecule has 1 saturated heterocycles. The van der Waals surface area contributed by atoms with E-state index in [0.29, 0.717) is 6.07 Å². The van der Waals surface area contributed by atoms with Crippen LogP contribution in [-0.2, 0) is 21.9 Å². The molecule has 1 aromatic rings. The predicted molar refractivity (Wildman–Crippen MR) is 75.8 cm³/mol. The monoisotopic (exact) mass is 370 g/mol. The molecule has 4 nitrogen and oxygen atoms in total. The van der Waals surface area contributed by atoms with Crippen molar-refractivity contribution >= 4 is 11.8 Å². The Morgan fingerprint density at radius 1 is 1.16 bits per heavy atom. The van der Waals surface area contributed by atoms with Gasteiger partial charge in [-0.3, -0.25) is 4.79 Å². The van der Waals surface area contributed by atoms with Crippen molar-refractivity contribution in [3.05, 3.63) is 23.4 Å². The fourth-order valence-corrected chi connectivity index (χ4v) is 2.59. The smallest absolute Gasteiger partial charge is 0.433 e. The van der Waals surface area contributed by atoms with Crippen LogP contribution in [0.25, 0.3) is 0 Å². The fourth-order valence-electron chi connectivity index (χ4n) is 2.59. The number of rotatable bonds is 3. The highest BCUT2D eigenvalue weighted by Gasteiger charge is 2.39. The van der Waals surface area contributed by atoms with Gasteiger partial charge in [-0.25, -0.2) is 4.98 Å². The molecule has 1 aromatic heterocycles. The second-order valence-electron chi connectivity index (χ2n) is 5.61. The number of aromatic nitrogens is 1. The van der Waals surface area contributed by atoms with E-state index in [1.54, 1.807) is 6.92 Å². The van der Waals surface area contributed by atoms with Crippen molar-refractivity contribution in [3.63, 3.8) is 0 Å². The predicted octanol–water partition coefficient (Wildman–Crippen LogP) is 3.90. The van der Waals surface area contributed by atoms with Gasteiger partial charge in [0.15, 0.2) is 0 Å². The third-order valence-electron chi connectivity index (χ3n) is 3.87. The van der Waals surface area contributed by atoms with Crippen LogP contribution in [0.1, 0.15) is 31.0 Å². The molecule has 0 atom stereocenters. The zero-order valence-electron chi connectivity index (χ0n) is 13.2. The number of hydrogen-bond acceptors (Lipinski definition) is 4. The van der Waals surface area contributed by atoms with Gasteiger partial charge in [0.1, 0.15) is 11.5 Å². The number of hydrogen-bond donors (Lipinski definition) is 0. The molecule has 10 heteroatoms. The van der Waals surface area contributed by atoms with Crippen molar-refractivity contribution in [1.29, 1.82) is 0 Å². The first-order valence-electron chi connectivity index (χ1n) is 7.60. The first kappa shape index (κ1) is 19.3. The average Bonchev–Trinajstić information content (AvgIpc) is 2.53. The van der Waals surface area contributed by atoms with Crippen molar-refractivity contribution in [1.82, 2.24) is 4.98 Å². The lowest BCUT2D eigenvalue weighted by molar-refractivity contribution is -0.148. The molecule has 2 heterocycles. The van der Waals surface area contributed by atoms with Crippen LogP contribution in [0.4, 0.5) is 32.2 Å². The molecule has 0 aliphatic carbocycles. The molecule has 25 heavy (non-hydrogen) atoms. The molecule has 1 aliphatic rings. The van der Waals surface area contributed by atoms with Gasteiger partial charge in [0.05, 0.1) is 18.1 Å². The number of alkyl halides is 6. The lowest BCUT2D eigenvalue weighted by Crippen LogP contribution is -2.37. The van der Waals surface area contributed by atoms with Crippen LogP contribution in [0, 0.1) is 5.92 Å². The molecule has 0 unspecified atom stereocenters. The zero-order chi connectivity index (χ0) is 18.8. The zero-order valence-corrected chi connectivity index (χ0v) is 13.2. The first-order valence-corrected chi connectivity index (χ1v) is 7.60. The minimum absolute atomic E-state index is 0.00509. The average molecular weight is 370 g/mol. The van der Waals surface area contributed by atoms with Gasteiger partial charge in [-0.2, -0.15) is 26.3 Å². The van der Waals surface area contributed by atoms with E-state index in [9.17, 15) is 31.1 Å². The van der Waals surface area contributed by atoms with Gasteiger partial charge in [0.2, 0.25) is 0 Å². The summed E-state index contributed by atoms with van der Waals surface area (Å²) < 4.78 is 82.1. The van der Waals surface area contributed by atoms with E-state index in [1.165, 1.54) is 4.90 Å². The maximum atomic E-state index is 12.9. The van der Waals surface area contributed by atoms with Crippen molar-refractivity contribution in [3.8, 4) is 0 Å². The molecule has 140 valence electrons. The summed E-state index contributed by atoms with van der Waals surface area (Å²) in [6.45, 7) is 2.10. The summed E-state index contributed by atoms with van der Waals surface area (Å²) in [5.74, 6) is -1.22. The second kappa shape index (κ2) is 7.09. The van der Waals surface area contributed by atoms with Crippen LogP contribution in [0.5, 0.6) is 0 Å². The first-order chi connectivity index (χ1) is 11.5. The molecular weight excluding hydrogens is 354 g/mol. The van der Waals surface area contributed by atoms with Crippen molar-refractivity contribution in [2.45, 2.75) is 32.1 Å². The van der Waals surface area contributed by atoms with E-state index < -0.39 is 41.3 Å². The van der Waals surface area contributed by atoms with Gasteiger partial charge in [-0.05, 0) is 31.9 Å². The number of ether oxygens (including phenoxy) is 1. The Morgan fingerprint density at radius 2 is 1.76 bits per heavy atom. The molecule has 0 bridgehead atoms. The minimum atomic E-state index is -4.99. The summed E-state index contributed by atoms with van der Waals surface area (Å²) in [7, 11) is 0. The Labute approximate surface area is 139 Å². The summed E-state index contributed by atoms with van der Waals surface area (Å²) in [5, 5.41) is 0. The van der Waals surface area contributed by atoms with E-state index in [-0.39, 0.29) is 38.6 Å². The Morgan fingerprint density at radius 3 is 2.24 bits per heavy atom. The Kier molecular flexibility index (Phi) is 5.48. The molecule has 0 saturated carbocycles. The number of piperidine rings is 1. The van der Waals surface area contributed by atoms with Gasteiger partial charge in [-0.1, -0.05) is 0 Å². The Hall–Kier alpha value is -2.00. The molecule has 1 fully saturated rings. The lowest BCUT2D eigenvalue weighted by Gasteiger charge is -2.32. The molecule has 2 rings (SSSR count). The summed E-state index contributed by atoms with van der Waals surface area (Å²) >= 11 is 0. The highest BCUT2D eigenvalue weighted by Crippen LogP contribution is 2.37. The summed E-state index contributed by atoms with van der Waals surface area (Å²) in [5.41, 5.74) is -3.00. The lowest BCUT2D eigenvalue weighted by atomic mass is 9.97. The van der Waals surface area contributed by atoms with Gasteiger partial charge < -0.3 is 9.64 Å². The van der Waals surface area contributed by atoms with Gasteiger partial charge in [-0.15, -0.1) is 0 Å². The summed E-state index contributed by atoms with van der Waals surface area (Å²) in [6.07, 6.45) is -9.35. The molecule has 0 radical (unpaired) electrons. The van der Waals surface area contributed by atoms with Crippen LogP contribution in [0.3, 0.4) is 0 Å². The normalized spacial score (nSPS) is 16.8. The standard InChI is InChI=1S/C15H16F6N2O2/c1-2-25-13(24)9-3-5-23(6-4-9)12-8-10(14(16,17)18)7-11(22-12)15(19,20)21/h7-9H,2-6H2,1H3. The number of esters is 1. The van der Waals surface area contributed by atoms with Crippen molar-refractivity contribution < 1.29 is 35.9 Å². The number of pyridine rings is 1. The minimum Gasteiger partial charge on any atom is -0.466 e. The van der Waals surface area contributed by atoms with Crippen LogP contribution < -0.4 is 4.90 Å². The summed E-state index contributed by atoms with van der Waals surface area (Å²) in [6, 6.07) is 0.592. The van der Waals surface area contributed by atoms with Gasteiger partial charge in [0, 0.05) is 13.1 Å². The van der Waals surface area contributed by atoms with E-state index in [2.05, 4.69) is 4.98 Å². The fraction of sp³-hybridized carbons (Fsp3) is 0.600. The van der Waals surface area contributed by atoms with Gasteiger partial charge in [0.25, 0.3) is 0 Å². The maximum Gasteiger partial charge on any atom is 0.433 e. The Balaban J connectivity index is 2.23.